The van der Waals surface area contributed by atoms with Crippen LogP contribution in [0.4, 0.5) is 4.39 Å². The molecule has 0 saturated heterocycles. The summed E-state index contributed by atoms with van der Waals surface area (Å²) >= 11 is 11.7. The molecule has 5 heteroatoms. The molecule has 0 aliphatic heterocycles. The summed E-state index contributed by atoms with van der Waals surface area (Å²) in [5, 5.41) is 12.7. The molecular weight excluding hydrogens is 276 g/mol. The molecule has 18 heavy (non-hydrogen) atoms. The molecule has 102 valence electrons. The van der Waals surface area contributed by atoms with Crippen molar-refractivity contribution in [2.75, 3.05) is 6.61 Å². The van der Waals surface area contributed by atoms with Crippen LogP contribution in [0, 0.1) is 5.82 Å². The normalized spacial score (nSPS) is 14.6. The smallest absolute Gasteiger partial charge is 0.142 e. The highest BCUT2D eigenvalue weighted by molar-refractivity contribution is 6.35. The lowest BCUT2D eigenvalue weighted by Gasteiger charge is -2.23. The SMILES string of the molecule is CCC(CCO)NC(C)c1cc(F)c(Cl)cc1Cl. The molecule has 0 spiro atoms. The maximum atomic E-state index is 13.4. The zero-order valence-corrected chi connectivity index (χ0v) is 12.0. The Hall–Kier alpha value is -0.350. The largest absolute Gasteiger partial charge is 0.396 e. The molecule has 1 aromatic carbocycles. The first-order valence-corrected chi connectivity index (χ1v) is 6.76. The summed E-state index contributed by atoms with van der Waals surface area (Å²) in [6, 6.07) is 2.85. The molecule has 0 radical (unpaired) electrons. The van der Waals surface area contributed by atoms with E-state index in [0.717, 1.165) is 6.42 Å². The molecule has 0 aliphatic carbocycles. The van der Waals surface area contributed by atoms with E-state index in [1.165, 1.54) is 12.1 Å². The first kappa shape index (κ1) is 15.7. The van der Waals surface area contributed by atoms with Crippen LogP contribution in [0.2, 0.25) is 10.0 Å². The first-order valence-electron chi connectivity index (χ1n) is 6.00. The van der Waals surface area contributed by atoms with Crippen molar-refractivity contribution < 1.29 is 9.50 Å². The van der Waals surface area contributed by atoms with Gasteiger partial charge in [-0.1, -0.05) is 30.1 Å². The molecule has 0 aromatic heterocycles. The number of hydrogen-bond donors (Lipinski definition) is 2. The molecule has 1 rings (SSSR count). The quantitative estimate of drug-likeness (QED) is 0.779. The van der Waals surface area contributed by atoms with E-state index >= 15 is 0 Å². The van der Waals surface area contributed by atoms with Gasteiger partial charge in [0.2, 0.25) is 0 Å². The van der Waals surface area contributed by atoms with Crippen molar-refractivity contribution in [2.24, 2.45) is 0 Å². The second kappa shape index (κ2) is 7.29. The predicted molar refractivity (Wildman–Crippen MR) is 73.8 cm³/mol. The van der Waals surface area contributed by atoms with Crippen LogP contribution < -0.4 is 5.32 Å². The van der Waals surface area contributed by atoms with Crippen LogP contribution in [-0.2, 0) is 0 Å². The Balaban J connectivity index is 2.83. The van der Waals surface area contributed by atoms with Crippen LogP contribution in [0.1, 0.15) is 38.3 Å². The van der Waals surface area contributed by atoms with E-state index in [9.17, 15) is 4.39 Å². The maximum absolute atomic E-state index is 13.4. The lowest BCUT2D eigenvalue weighted by atomic mass is 10.0. The summed E-state index contributed by atoms with van der Waals surface area (Å²) in [6.07, 6.45) is 1.55. The van der Waals surface area contributed by atoms with Gasteiger partial charge in [0.15, 0.2) is 0 Å². The third-order valence-electron chi connectivity index (χ3n) is 2.96. The lowest BCUT2D eigenvalue weighted by Crippen LogP contribution is -2.32. The van der Waals surface area contributed by atoms with Gasteiger partial charge in [-0.3, -0.25) is 0 Å². The van der Waals surface area contributed by atoms with Gasteiger partial charge in [0.1, 0.15) is 5.82 Å². The summed E-state index contributed by atoms with van der Waals surface area (Å²) in [5.41, 5.74) is 0.676. The summed E-state index contributed by atoms with van der Waals surface area (Å²) in [7, 11) is 0. The monoisotopic (exact) mass is 293 g/mol. The van der Waals surface area contributed by atoms with Gasteiger partial charge in [-0.05, 0) is 37.5 Å². The van der Waals surface area contributed by atoms with Crippen molar-refractivity contribution in [3.05, 3.63) is 33.6 Å². The van der Waals surface area contributed by atoms with Gasteiger partial charge < -0.3 is 10.4 Å². The number of aliphatic hydroxyl groups is 1. The molecule has 2 atom stereocenters. The average molecular weight is 294 g/mol. The summed E-state index contributed by atoms with van der Waals surface area (Å²) in [4.78, 5) is 0. The van der Waals surface area contributed by atoms with Gasteiger partial charge in [-0.15, -0.1) is 0 Å². The predicted octanol–water partition coefficient (Wildman–Crippen LogP) is 3.94. The van der Waals surface area contributed by atoms with Crippen LogP contribution >= 0.6 is 23.2 Å². The number of aliphatic hydroxyl groups excluding tert-OH is 1. The number of rotatable bonds is 6. The third-order valence-corrected chi connectivity index (χ3v) is 3.58. The first-order chi connectivity index (χ1) is 8.49. The standard InChI is InChI=1S/C13H18Cl2FNO/c1-3-9(4-5-18)17-8(2)10-6-13(16)12(15)7-11(10)14/h6-9,17-18H,3-5H2,1-2H3. The van der Waals surface area contributed by atoms with Crippen LogP contribution in [0.25, 0.3) is 0 Å². The Morgan fingerprint density at radius 3 is 2.56 bits per heavy atom. The molecular formula is C13H18Cl2FNO. The fourth-order valence-electron chi connectivity index (χ4n) is 1.87. The van der Waals surface area contributed by atoms with Crippen molar-refractivity contribution in [1.82, 2.24) is 5.32 Å². The number of nitrogens with one attached hydrogen (secondary N) is 1. The van der Waals surface area contributed by atoms with E-state index in [-0.39, 0.29) is 23.7 Å². The Morgan fingerprint density at radius 1 is 1.33 bits per heavy atom. The zero-order chi connectivity index (χ0) is 13.7. The molecule has 0 saturated carbocycles. The van der Waals surface area contributed by atoms with Gasteiger partial charge in [0.05, 0.1) is 5.02 Å². The van der Waals surface area contributed by atoms with Crippen molar-refractivity contribution in [1.29, 1.82) is 0 Å². The van der Waals surface area contributed by atoms with E-state index in [1.807, 2.05) is 13.8 Å². The van der Waals surface area contributed by atoms with E-state index in [0.29, 0.717) is 17.0 Å². The number of benzene rings is 1. The molecule has 0 amide bonds. The molecule has 0 aliphatic rings. The fraction of sp³-hybridized carbons (Fsp3) is 0.538. The second-order valence-electron chi connectivity index (χ2n) is 4.29. The van der Waals surface area contributed by atoms with Gasteiger partial charge in [-0.25, -0.2) is 4.39 Å². The van der Waals surface area contributed by atoms with Crippen LogP contribution in [0.5, 0.6) is 0 Å². The summed E-state index contributed by atoms with van der Waals surface area (Å²) in [5.74, 6) is -0.472. The van der Waals surface area contributed by atoms with Crippen LogP contribution in [0.3, 0.4) is 0 Å². The highest BCUT2D eigenvalue weighted by atomic mass is 35.5. The Bertz CT molecular complexity index is 401. The van der Waals surface area contributed by atoms with Crippen molar-refractivity contribution >= 4 is 23.2 Å². The van der Waals surface area contributed by atoms with E-state index in [2.05, 4.69) is 5.32 Å². The minimum Gasteiger partial charge on any atom is -0.396 e. The minimum absolute atomic E-state index is 0.0262. The van der Waals surface area contributed by atoms with Gasteiger partial charge in [-0.2, -0.15) is 0 Å². The molecule has 2 N–H and O–H groups in total. The van der Waals surface area contributed by atoms with E-state index < -0.39 is 5.82 Å². The molecule has 1 aromatic rings. The summed E-state index contributed by atoms with van der Waals surface area (Å²) in [6.45, 7) is 4.07. The van der Waals surface area contributed by atoms with Crippen LogP contribution in [-0.4, -0.2) is 17.8 Å². The molecule has 0 fully saturated rings. The van der Waals surface area contributed by atoms with Gasteiger partial charge in [0, 0.05) is 23.7 Å². The number of halogens is 3. The highest BCUT2D eigenvalue weighted by Crippen LogP contribution is 2.29. The third kappa shape index (κ3) is 4.09. The zero-order valence-electron chi connectivity index (χ0n) is 10.5. The fourth-order valence-corrected chi connectivity index (χ4v) is 2.42. The van der Waals surface area contributed by atoms with Gasteiger partial charge >= 0.3 is 0 Å². The van der Waals surface area contributed by atoms with Crippen molar-refractivity contribution in [3.63, 3.8) is 0 Å². The second-order valence-corrected chi connectivity index (χ2v) is 5.11. The minimum atomic E-state index is -0.472. The number of hydrogen-bond acceptors (Lipinski definition) is 2. The molecule has 0 heterocycles. The average Bonchev–Trinajstić information content (AvgIpc) is 2.33. The maximum Gasteiger partial charge on any atom is 0.142 e. The molecule has 2 unspecified atom stereocenters. The van der Waals surface area contributed by atoms with E-state index in [4.69, 9.17) is 28.3 Å². The molecule has 2 nitrogen and oxygen atoms in total. The lowest BCUT2D eigenvalue weighted by molar-refractivity contribution is 0.257. The Labute approximate surface area is 117 Å². The van der Waals surface area contributed by atoms with Crippen molar-refractivity contribution in [3.8, 4) is 0 Å². The van der Waals surface area contributed by atoms with Crippen LogP contribution in [0.15, 0.2) is 12.1 Å². The Morgan fingerprint density at radius 2 is 2.00 bits per heavy atom. The molecule has 0 bridgehead atoms. The Kier molecular flexibility index (Phi) is 6.36. The van der Waals surface area contributed by atoms with E-state index in [1.54, 1.807) is 0 Å². The topological polar surface area (TPSA) is 32.3 Å². The van der Waals surface area contributed by atoms with Gasteiger partial charge in [0.25, 0.3) is 0 Å². The summed E-state index contributed by atoms with van der Waals surface area (Å²) < 4.78 is 13.4. The van der Waals surface area contributed by atoms with Crippen molar-refractivity contribution in [2.45, 2.75) is 38.8 Å². The highest BCUT2D eigenvalue weighted by Gasteiger charge is 2.16.